The molecule has 60 heavy (non-hydrogen) atoms. The molecular weight excluding hydrogens is 838 g/mol. The summed E-state index contributed by atoms with van der Waals surface area (Å²) in [5.41, 5.74) is 4.69. The van der Waals surface area contributed by atoms with Crippen molar-refractivity contribution in [2.75, 3.05) is 15.2 Å². The highest BCUT2D eigenvalue weighted by atomic mass is 35.5. The fourth-order valence-electron chi connectivity index (χ4n) is 8.18. The van der Waals surface area contributed by atoms with Crippen molar-refractivity contribution in [2.45, 2.75) is 135 Å². The number of amides is 3. The molecule has 320 valence electrons. The third kappa shape index (κ3) is 12.0. The average Bonchev–Trinajstić information content (AvgIpc) is 3.69. The van der Waals surface area contributed by atoms with Gasteiger partial charge in [-0.05, 0) is 48.2 Å². The first-order valence-corrected chi connectivity index (χ1v) is 23.2. The maximum atomic E-state index is 14.1. The molecular formula is C47H56Cl4N6O3. The first kappa shape index (κ1) is 45.8. The summed E-state index contributed by atoms with van der Waals surface area (Å²) in [6.45, 7) is 2.27. The molecule has 6 rings (SSSR count). The van der Waals surface area contributed by atoms with E-state index in [0.717, 1.165) is 30.0 Å². The van der Waals surface area contributed by atoms with Crippen LogP contribution in [0.15, 0.2) is 83.0 Å². The predicted octanol–water partition coefficient (Wildman–Crippen LogP) is 14.4. The van der Waals surface area contributed by atoms with Gasteiger partial charge in [0.05, 0.1) is 37.8 Å². The summed E-state index contributed by atoms with van der Waals surface area (Å²) in [6.07, 6.45) is 20.5. The number of nitrogens with zero attached hydrogens (tertiary/aromatic N) is 4. The Balaban J connectivity index is 1.05. The molecule has 2 aliphatic heterocycles. The van der Waals surface area contributed by atoms with Gasteiger partial charge in [-0.2, -0.15) is 10.2 Å². The molecule has 9 nitrogen and oxygen atoms in total. The largest absolute Gasteiger partial charge is 0.365 e. The summed E-state index contributed by atoms with van der Waals surface area (Å²) < 4.78 is 0. The van der Waals surface area contributed by atoms with Crippen LogP contribution in [0.25, 0.3) is 10.8 Å². The normalized spacial score (nSPS) is 18.2. The van der Waals surface area contributed by atoms with Gasteiger partial charge in [-0.1, -0.05) is 192 Å². The minimum Gasteiger partial charge on any atom is -0.365 e. The second-order valence-corrected chi connectivity index (χ2v) is 17.7. The van der Waals surface area contributed by atoms with E-state index in [1.807, 2.05) is 42.5 Å². The number of fused-ring (bicyclic) bond motifs is 1. The van der Waals surface area contributed by atoms with Gasteiger partial charge in [-0.15, -0.1) is 0 Å². The Morgan fingerprint density at radius 3 is 1.93 bits per heavy atom. The van der Waals surface area contributed by atoms with Crippen LogP contribution in [0, 0.1) is 5.92 Å². The molecule has 2 aliphatic rings. The molecule has 3 amide bonds. The summed E-state index contributed by atoms with van der Waals surface area (Å²) in [6, 6.07) is 20.2. The first-order chi connectivity index (χ1) is 29.2. The quantitative estimate of drug-likeness (QED) is 0.0438. The van der Waals surface area contributed by atoms with E-state index in [9.17, 15) is 14.4 Å². The second-order valence-electron chi connectivity index (χ2n) is 16.0. The fraction of sp³-hybridized carbons (Fsp3) is 0.468. The van der Waals surface area contributed by atoms with Crippen molar-refractivity contribution >= 4 is 97.6 Å². The van der Waals surface area contributed by atoms with Gasteiger partial charge in [0, 0.05) is 22.7 Å². The van der Waals surface area contributed by atoms with Crippen LogP contribution >= 0.6 is 46.4 Å². The van der Waals surface area contributed by atoms with Gasteiger partial charge in [0.25, 0.3) is 5.91 Å². The molecule has 2 fully saturated rings. The lowest BCUT2D eigenvalue weighted by atomic mass is 9.98. The number of carbonyl (C=O) groups excluding carboxylic acids is 3. The number of anilines is 3. The highest BCUT2D eigenvalue weighted by Crippen LogP contribution is 2.40. The molecule has 0 aliphatic carbocycles. The summed E-state index contributed by atoms with van der Waals surface area (Å²) >= 11 is 26.0. The Kier molecular flexibility index (Phi) is 17.5. The molecule has 0 radical (unpaired) electrons. The maximum Gasteiger partial charge on any atom is 0.271 e. The van der Waals surface area contributed by atoms with E-state index >= 15 is 0 Å². The average molecular weight is 895 g/mol. The lowest BCUT2D eigenvalue weighted by Gasteiger charge is -2.22. The Hall–Kier alpha value is -3.73. The van der Waals surface area contributed by atoms with Crippen molar-refractivity contribution in [3.8, 4) is 0 Å². The van der Waals surface area contributed by atoms with E-state index in [1.165, 1.54) is 106 Å². The number of benzene rings is 4. The van der Waals surface area contributed by atoms with Crippen LogP contribution in [0.5, 0.6) is 0 Å². The molecule has 0 spiro atoms. The number of hydrazine groups is 1. The third-order valence-electron chi connectivity index (χ3n) is 11.5. The number of hydrogen-bond donors (Lipinski definition) is 2. The molecule has 4 aromatic carbocycles. The van der Waals surface area contributed by atoms with Crippen molar-refractivity contribution < 1.29 is 14.4 Å². The van der Waals surface area contributed by atoms with Crippen LogP contribution in [0.3, 0.4) is 0 Å². The molecule has 4 aromatic rings. The monoisotopic (exact) mass is 892 g/mol. The number of rotatable bonds is 23. The zero-order valence-corrected chi connectivity index (χ0v) is 37.4. The molecule has 2 heterocycles. The molecule has 2 saturated heterocycles. The van der Waals surface area contributed by atoms with E-state index in [2.05, 4.69) is 27.9 Å². The van der Waals surface area contributed by atoms with Crippen LogP contribution < -0.4 is 20.7 Å². The highest BCUT2D eigenvalue weighted by molar-refractivity contribution is 6.42. The number of azo groups is 1. The molecule has 3 atom stereocenters. The Bertz CT molecular complexity index is 2100. The van der Waals surface area contributed by atoms with Gasteiger partial charge in [0.2, 0.25) is 11.8 Å². The first-order valence-electron chi connectivity index (χ1n) is 21.7. The fourth-order valence-corrected chi connectivity index (χ4v) is 9.34. The summed E-state index contributed by atoms with van der Waals surface area (Å²) in [4.78, 5) is 42.4. The van der Waals surface area contributed by atoms with Crippen LogP contribution in [0.1, 0.15) is 122 Å². The number of nitrogens with one attached hydrogen (secondary N) is 2. The molecule has 0 bridgehead atoms. The number of imide groups is 1. The molecule has 0 saturated carbocycles. The standard InChI is InChI=1S/C47H56Cl4N6O3/c1-2-3-4-5-6-7-8-9-10-11-12-13-14-15-16-17-22-33-28-42(58)56(46(33)59)35-26-27-37(49)41(31-35)52-45-43(54-53-40-25-20-23-32-21-18-19-24-36(32)40)47(60)57(55-45)44-38(50)29-34(48)30-39(44)51/h18-21,23-27,29-31,33,43,45,52,55H,2-17,22,28H2,1H3/t33-,43-,45+/m0/s1. The summed E-state index contributed by atoms with van der Waals surface area (Å²) in [7, 11) is 0. The summed E-state index contributed by atoms with van der Waals surface area (Å²) in [5.74, 6) is -1.30. The number of carbonyl (C=O) groups is 3. The maximum absolute atomic E-state index is 14.1. The van der Waals surface area contributed by atoms with Crippen molar-refractivity contribution in [1.82, 2.24) is 5.43 Å². The minimum atomic E-state index is -1.12. The van der Waals surface area contributed by atoms with Crippen LogP contribution in [0.2, 0.25) is 20.1 Å². The summed E-state index contributed by atoms with van der Waals surface area (Å²) in [5, 5.41) is 16.3. The lowest BCUT2D eigenvalue weighted by Crippen LogP contribution is -2.42. The van der Waals surface area contributed by atoms with Gasteiger partial charge in [0.15, 0.2) is 6.04 Å². The van der Waals surface area contributed by atoms with Crippen molar-refractivity contribution in [2.24, 2.45) is 16.1 Å². The van der Waals surface area contributed by atoms with E-state index in [4.69, 9.17) is 46.4 Å². The molecule has 2 N–H and O–H groups in total. The van der Waals surface area contributed by atoms with Gasteiger partial charge < -0.3 is 5.32 Å². The van der Waals surface area contributed by atoms with E-state index in [-0.39, 0.29) is 39.9 Å². The van der Waals surface area contributed by atoms with Gasteiger partial charge in [0.1, 0.15) is 6.17 Å². The van der Waals surface area contributed by atoms with Crippen molar-refractivity contribution in [3.63, 3.8) is 0 Å². The topological polar surface area (TPSA) is 106 Å². The smallest absolute Gasteiger partial charge is 0.271 e. The van der Waals surface area contributed by atoms with E-state index in [1.54, 1.807) is 18.2 Å². The van der Waals surface area contributed by atoms with Gasteiger partial charge >= 0.3 is 0 Å². The number of hydrogen-bond acceptors (Lipinski definition) is 7. The molecule has 0 aromatic heterocycles. The lowest BCUT2D eigenvalue weighted by molar-refractivity contribution is -0.122. The number of halogens is 4. The molecule has 0 unspecified atom stereocenters. The predicted molar refractivity (Wildman–Crippen MR) is 248 cm³/mol. The van der Waals surface area contributed by atoms with Gasteiger partial charge in [-0.3, -0.25) is 19.3 Å². The van der Waals surface area contributed by atoms with Crippen molar-refractivity contribution in [1.29, 1.82) is 0 Å². The van der Waals surface area contributed by atoms with E-state index in [0.29, 0.717) is 33.5 Å². The third-order valence-corrected chi connectivity index (χ3v) is 12.6. The van der Waals surface area contributed by atoms with E-state index < -0.39 is 18.1 Å². The number of unbranched alkanes of at least 4 members (excludes halogenated alkanes) is 15. The van der Waals surface area contributed by atoms with Gasteiger partial charge in [-0.25, -0.2) is 10.4 Å². The second kappa shape index (κ2) is 22.9. The highest BCUT2D eigenvalue weighted by Gasteiger charge is 2.44. The van der Waals surface area contributed by atoms with Crippen LogP contribution in [0.4, 0.5) is 22.7 Å². The minimum absolute atomic E-state index is 0.152. The SMILES string of the molecule is CCCCCCCCCCCCCCCCCC[C@H]1CC(=O)N(c2ccc(Cl)c(N[C@@H]3NN(c4c(Cl)cc(Cl)cc4Cl)C(=O)[C@H]3N=Nc3cccc4ccccc34)c2)C1=O. The van der Waals surface area contributed by atoms with Crippen LogP contribution in [-0.2, 0) is 14.4 Å². The Morgan fingerprint density at radius 1 is 0.683 bits per heavy atom. The Morgan fingerprint density at radius 2 is 1.28 bits per heavy atom. The van der Waals surface area contributed by atoms with Crippen LogP contribution in [-0.4, -0.2) is 29.9 Å². The molecule has 13 heteroatoms. The Labute approximate surface area is 374 Å². The zero-order valence-electron chi connectivity index (χ0n) is 34.4. The zero-order chi connectivity index (χ0) is 42.4. The van der Waals surface area contributed by atoms with Crippen molar-refractivity contribution in [3.05, 3.63) is 92.9 Å².